The summed E-state index contributed by atoms with van der Waals surface area (Å²) in [5.41, 5.74) is 3.07. The molecule has 1 fully saturated rings. The molecule has 0 unspecified atom stereocenters. The minimum atomic E-state index is -0.0651. The monoisotopic (exact) mass is 360 g/mol. The average Bonchev–Trinajstić information content (AvgIpc) is 3.23. The zero-order chi connectivity index (χ0) is 18.4. The van der Waals surface area contributed by atoms with Gasteiger partial charge in [0.1, 0.15) is 0 Å². The van der Waals surface area contributed by atoms with Crippen molar-refractivity contribution < 1.29 is 4.79 Å². The maximum absolute atomic E-state index is 12.8. The Balaban J connectivity index is 1.51. The van der Waals surface area contributed by atoms with Crippen LogP contribution in [-0.4, -0.2) is 38.4 Å². The molecule has 2 aliphatic heterocycles. The van der Waals surface area contributed by atoms with E-state index in [2.05, 4.69) is 16.0 Å². The molecule has 1 N–H and O–H groups in total. The van der Waals surface area contributed by atoms with Gasteiger partial charge < -0.3 is 14.5 Å². The molecule has 136 valence electrons. The minimum absolute atomic E-state index is 0.0480. The van der Waals surface area contributed by atoms with E-state index in [1.54, 1.807) is 18.5 Å². The summed E-state index contributed by atoms with van der Waals surface area (Å²) in [6.45, 7) is 1.96. The van der Waals surface area contributed by atoms with E-state index in [-0.39, 0.29) is 17.4 Å². The molecule has 6 nitrogen and oxygen atoms in total. The van der Waals surface area contributed by atoms with Crippen LogP contribution in [0.15, 0.2) is 59.7 Å². The van der Waals surface area contributed by atoms with Crippen molar-refractivity contribution >= 4 is 5.91 Å². The van der Waals surface area contributed by atoms with Crippen molar-refractivity contribution in [2.45, 2.75) is 18.9 Å². The predicted octanol–water partition coefficient (Wildman–Crippen LogP) is 2.50. The third-order valence-corrected chi connectivity index (χ3v) is 5.65. The van der Waals surface area contributed by atoms with E-state index in [4.69, 9.17) is 0 Å². The number of amides is 1. The highest BCUT2D eigenvalue weighted by molar-refractivity contribution is 5.90. The van der Waals surface area contributed by atoms with E-state index in [9.17, 15) is 9.59 Å². The number of hydrogen-bond donors (Lipinski definition) is 1. The average molecular weight is 360 g/mol. The second-order valence-corrected chi connectivity index (χ2v) is 7.43. The van der Waals surface area contributed by atoms with Crippen LogP contribution >= 0.6 is 0 Å². The fourth-order valence-electron chi connectivity index (χ4n) is 4.45. The number of hydrogen-bond acceptors (Lipinski definition) is 3. The molecular weight excluding hydrogens is 340 g/mol. The highest BCUT2D eigenvalue weighted by Crippen LogP contribution is 2.36. The number of aromatic amines is 1. The van der Waals surface area contributed by atoms with Gasteiger partial charge in [-0.05, 0) is 29.5 Å². The van der Waals surface area contributed by atoms with Crippen LogP contribution in [0.5, 0.6) is 0 Å². The summed E-state index contributed by atoms with van der Waals surface area (Å²) in [5, 5.41) is 0. The number of carbonyl (C=O) groups is 1. The highest BCUT2D eigenvalue weighted by atomic mass is 16.2. The van der Waals surface area contributed by atoms with Gasteiger partial charge in [0, 0.05) is 49.7 Å². The van der Waals surface area contributed by atoms with Crippen molar-refractivity contribution in [1.82, 2.24) is 19.4 Å². The van der Waals surface area contributed by atoms with Crippen molar-refractivity contribution in [2.75, 3.05) is 13.1 Å². The zero-order valence-corrected chi connectivity index (χ0v) is 14.8. The summed E-state index contributed by atoms with van der Waals surface area (Å²) in [4.78, 5) is 34.4. The molecule has 27 heavy (non-hydrogen) atoms. The summed E-state index contributed by atoms with van der Waals surface area (Å²) in [7, 11) is 0. The molecule has 5 rings (SSSR count). The summed E-state index contributed by atoms with van der Waals surface area (Å²) >= 11 is 0. The van der Waals surface area contributed by atoms with Crippen molar-refractivity contribution in [3.8, 4) is 11.1 Å². The van der Waals surface area contributed by atoms with Crippen LogP contribution in [0, 0.1) is 5.92 Å². The number of fused-ring (bicyclic) bond motifs is 4. The number of likely N-dealkylation sites (tertiary alicyclic amines) is 1. The highest BCUT2D eigenvalue weighted by Gasteiger charge is 2.37. The molecular formula is C21H20N4O2. The fourth-order valence-corrected chi connectivity index (χ4v) is 4.45. The third-order valence-electron chi connectivity index (χ3n) is 5.65. The number of nitrogens with one attached hydrogen (secondary N) is 1. The Bertz CT molecular complexity index is 1040. The molecule has 0 aliphatic carbocycles. The molecule has 0 spiro atoms. The first-order valence-electron chi connectivity index (χ1n) is 9.28. The van der Waals surface area contributed by atoms with E-state index in [0.717, 1.165) is 23.2 Å². The van der Waals surface area contributed by atoms with Crippen LogP contribution in [0.3, 0.4) is 0 Å². The molecule has 1 amide bonds. The number of aromatic nitrogens is 3. The van der Waals surface area contributed by atoms with Gasteiger partial charge in [-0.25, -0.2) is 4.98 Å². The number of piperidine rings is 1. The quantitative estimate of drug-likeness (QED) is 0.763. The Morgan fingerprint density at radius 1 is 1.07 bits per heavy atom. The molecule has 2 bridgehead atoms. The van der Waals surface area contributed by atoms with Crippen molar-refractivity contribution in [3.63, 3.8) is 0 Å². The Kier molecular flexibility index (Phi) is 3.70. The Morgan fingerprint density at radius 3 is 2.70 bits per heavy atom. The van der Waals surface area contributed by atoms with Gasteiger partial charge in [-0.15, -0.1) is 0 Å². The van der Waals surface area contributed by atoms with E-state index >= 15 is 0 Å². The number of imidazole rings is 1. The molecule has 2 aromatic heterocycles. The smallest absolute Gasteiger partial charge is 0.289 e. The molecule has 0 radical (unpaired) electrons. The third kappa shape index (κ3) is 2.77. The van der Waals surface area contributed by atoms with Gasteiger partial charge in [0.2, 0.25) is 0 Å². The van der Waals surface area contributed by atoms with E-state index in [1.807, 2.05) is 39.8 Å². The first kappa shape index (κ1) is 16.1. The minimum Gasteiger partial charge on any atom is -0.341 e. The lowest BCUT2D eigenvalue weighted by molar-refractivity contribution is 0.0583. The van der Waals surface area contributed by atoms with Gasteiger partial charge in [0.25, 0.3) is 11.5 Å². The first-order chi connectivity index (χ1) is 13.2. The van der Waals surface area contributed by atoms with Crippen LogP contribution in [0.1, 0.15) is 28.7 Å². The lowest BCUT2D eigenvalue weighted by Crippen LogP contribution is -2.49. The van der Waals surface area contributed by atoms with E-state index in [0.29, 0.717) is 31.4 Å². The van der Waals surface area contributed by atoms with Gasteiger partial charge in [-0.3, -0.25) is 9.59 Å². The predicted molar refractivity (Wildman–Crippen MR) is 101 cm³/mol. The Morgan fingerprint density at radius 2 is 1.93 bits per heavy atom. The topological polar surface area (TPSA) is 71.0 Å². The number of benzene rings is 1. The molecule has 1 aromatic carbocycles. The fraction of sp³-hybridized carbons (Fsp3) is 0.286. The van der Waals surface area contributed by atoms with E-state index in [1.165, 1.54) is 0 Å². The summed E-state index contributed by atoms with van der Waals surface area (Å²) in [6.07, 6.45) is 4.28. The molecule has 6 heteroatoms. The van der Waals surface area contributed by atoms with Gasteiger partial charge >= 0.3 is 0 Å². The number of nitrogens with zero attached hydrogens (tertiary/aromatic N) is 3. The molecule has 2 atom stereocenters. The molecule has 0 saturated carbocycles. The van der Waals surface area contributed by atoms with Crippen molar-refractivity contribution in [3.05, 3.63) is 76.7 Å². The second-order valence-electron chi connectivity index (χ2n) is 7.43. The normalized spacial score (nSPS) is 21.0. The largest absolute Gasteiger partial charge is 0.341 e. The second kappa shape index (κ2) is 6.23. The van der Waals surface area contributed by atoms with Crippen LogP contribution in [0.2, 0.25) is 0 Å². The standard InChI is InChI=1S/C21H20N4O2/c26-19-10-16(15-4-2-1-3-5-15)9-18-17-8-14(12-25(18)19)11-24(13-17)21(27)20-22-6-7-23-20/h1-7,9-10,14,17H,8,11-13H2,(H,22,23)/t14-,17+/m0/s1. The van der Waals surface area contributed by atoms with Crippen molar-refractivity contribution in [2.24, 2.45) is 5.92 Å². The number of pyridine rings is 1. The van der Waals surface area contributed by atoms with Crippen molar-refractivity contribution in [1.29, 1.82) is 0 Å². The molecule has 4 heterocycles. The first-order valence-corrected chi connectivity index (χ1v) is 9.28. The van der Waals surface area contributed by atoms with Crippen LogP contribution < -0.4 is 5.56 Å². The van der Waals surface area contributed by atoms with E-state index < -0.39 is 0 Å². The summed E-state index contributed by atoms with van der Waals surface area (Å²) < 4.78 is 1.90. The number of H-pyrrole nitrogens is 1. The van der Waals surface area contributed by atoms with Gasteiger partial charge in [-0.1, -0.05) is 30.3 Å². The van der Waals surface area contributed by atoms with Crippen LogP contribution in [-0.2, 0) is 6.54 Å². The Hall–Kier alpha value is -3.15. The number of carbonyl (C=O) groups excluding carboxylic acids is 1. The van der Waals surface area contributed by atoms with Crippen LogP contribution in [0.25, 0.3) is 11.1 Å². The Labute approximate surface area is 156 Å². The summed E-state index contributed by atoms with van der Waals surface area (Å²) in [6, 6.07) is 13.8. The zero-order valence-electron chi connectivity index (χ0n) is 14.8. The van der Waals surface area contributed by atoms with Gasteiger partial charge in [-0.2, -0.15) is 0 Å². The summed E-state index contributed by atoms with van der Waals surface area (Å²) in [5.74, 6) is 0.790. The lowest BCUT2D eigenvalue weighted by Gasteiger charge is -2.42. The number of rotatable bonds is 2. The maximum Gasteiger partial charge on any atom is 0.289 e. The SMILES string of the molecule is O=C(c1ncc[nH]1)N1C[C@@H]2C[C@H](C1)c1cc(-c3ccccc3)cc(=O)n1C2. The molecule has 3 aromatic rings. The lowest BCUT2D eigenvalue weighted by atomic mass is 9.82. The van der Waals surface area contributed by atoms with Gasteiger partial charge in [0.15, 0.2) is 5.82 Å². The van der Waals surface area contributed by atoms with Crippen LogP contribution in [0.4, 0.5) is 0 Å². The maximum atomic E-state index is 12.8. The van der Waals surface area contributed by atoms with Gasteiger partial charge in [0.05, 0.1) is 0 Å². The molecule has 2 aliphatic rings. The molecule has 1 saturated heterocycles.